The second-order valence-electron chi connectivity index (χ2n) is 5.32. The summed E-state index contributed by atoms with van der Waals surface area (Å²) in [5.74, 6) is 0.0981. The fourth-order valence-corrected chi connectivity index (χ4v) is 2.14. The van der Waals surface area contributed by atoms with Crippen molar-refractivity contribution in [3.05, 3.63) is 0 Å². The van der Waals surface area contributed by atoms with Gasteiger partial charge in [-0.3, -0.25) is 9.59 Å². The van der Waals surface area contributed by atoms with Crippen molar-refractivity contribution in [3.63, 3.8) is 0 Å². The second kappa shape index (κ2) is 10.2. The van der Waals surface area contributed by atoms with E-state index in [1.165, 1.54) is 0 Å². The number of azo groups is 1. The highest BCUT2D eigenvalue weighted by Gasteiger charge is 2.29. The molecule has 22 heavy (non-hydrogen) atoms. The number of ketones is 2. The van der Waals surface area contributed by atoms with Crippen LogP contribution in [0.3, 0.4) is 0 Å². The van der Waals surface area contributed by atoms with E-state index in [0.29, 0.717) is 8.86 Å². The van der Waals surface area contributed by atoms with Crippen LogP contribution >= 0.6 is 45.2 Å². The largest absolute Gasteiger partial charge is 0.299 e. The summed E-state index contributed by atoms with van der Waals surface area (Å²) in [4.78, 5) is 22.7. The fourth-order valence-electron chi connectivity index (χ4n) is 1.38. The minimum absolute atomic E-state index is 0.0490. The molecule has 0 aliphatic carbocycles. The van der Waals surface area contributed by atoms with Gasteiger partial charge < -0.3 is 0 Å². The van der Waals surface area contributed by atoms with Gasteiger partial charge in [-0.2, -0.15) is 20.8 Å². The summed E-state index contributed by atoms with van der Waals surface area (Å²) in [7, 11) is 0. The number of rotatable bonds is 10. The number of carbonyl (C=O) groups excluding carboxylic acids is 2. The molecule has 0 bridgehead atoms. The molecule has 0 saturated carbocycles. The number of carbonyl (C=O) groups is 2. The van der Waals surface area contributed by atoms with Gasteiger partial charge in [0.1, 0.15) is 11.6 Å². The van der Waals surface area contributed by atoms with Gasteiger partial charge >= 0.3 is 0 Å². The summed E-state index contributed by atoms with van der Waals surface area (Å²) in [5, 5.41) is 26.5. The molecule has 2 atom stereocenters. The summed E-state index contributed by atoms with van der Waals surface area (Å²) in [5.41, 5.74) is -2.26. The predicted octanol–water partition coefficient (Wildman–Crippen LogP) is 3.57. The number of halogens is 2. The average Bonchev–Trinajstić information content (AvgIpc) is 2.55. The molecule has 0 aromatic carbocycles. The summed E-state index contributed by atoms with van der Waals surface area (Å²) < 4.78 is 0.787. The Morgan fingerprint density at radius 2 is 1.23 bits per heavy atom. The molecular formula is C14H18I2N4O2. The van der Waals surface area contributed by atoms with Crippen molar-refractivity contribution in [3.8, 4) is 12.1 Å². The number of Topliss-reactive ketones (excluding diaryl/α,β-unsaturated/α-hetero) is 2. The van der Waals surface area contributed by atoms with Gasteiger partial charge in [0.05, 0.1) is 21.0 Å². The van der Waals surface area contributed by atoms with Crippen LogP contribution in [-0.4, -0.2) is 31.5 Å². The van der Waals surface area contributed by atoms with E-state index in [9.17, 15) is 20.1 Å². The number of alkyl halides is 2. The Bertz CT molecular complexity index is 478. The zero-order valence-electron chi connectivity index (χ0n) is 12.6. The zero-order valence-corrected chi connectivity index (χ0v) is 16.9. The smallest absolute Gasteiger partial charge is 0.165 e. The third kappa shape index (κ3) is 8.13. The third-order valence-electron chi connectivity index (χ3n) is 3.05. The molecule has 0 fully saturated rings. The maximum Gasteiger partial charge on any atom is 0.165 e. The van der Waals surface area contributed by atoms with Crippen molar-refractivity contribution in [1.82, 2.24) is 0 Å². The minimum Gasteiger partial charge on any atom is -0.299 e. The van der Waals surface area contributed by atoms with E-state index in [-0.39, 0.29) is 37.2 Å². The lowest BCUT2D eigenvalue weighted by Crippen LogP contribution is -2.25. The molecule has 0 heterocycles. The van der Waals surface area contributed by atoms with E-state index in [4.69, 9.17) is 0 Å². The Kier molecular flexibility index (Phi) is 9.92. The Morgan fingerprint density at radius 3 is 1.45 bits per heavy atom. The first kappa shape index (κ1) is 21.4. The van der Waals surface area contributed by atoms with Gasteiger partial charge in [0, 0.05) is 12.8 Å². The number of nitrogens with zero attached hydrogens (tertiary/aromatic N) is 4. The van der Waals surface area contributed by atoms with Crippen molar-refractivity contribution >= 4 is 56.7 Å². The van der Waals surface area contributed by atoms with Gasteiger partial charge in [0.2, 0.25) is 0 Å². The standard InChI is InChI=1S/C14H18I2N4O2/c1-13(9-17,5-3-11(21)7-15)19-20-14(2,10-18)6-4-12(22)8-16/h3-8H2,1-2H3/b20-19+. The molecule has 0 spiro atoms. The first-order valence-corrected chi connectivity index (χ1v) is 9.71. The molecule has 0 amide bonds. The Labute approximate surface area is 158 Å². The van der Waals surface area contributed by atoms with Gasteiger partial charge in [-0.25, -0.2) is 0 Å². The van der Waals surface area contributed by atoms with E-state index in [1.54, 1.807) is 13.8 Å². The van der Waals surface area contributed by atoms with E-state index >= 15 is 0 Å². The molecule has 8 heteroatoms. The molecule has 0 saturated heterocycles. The topological polar surface area (TPSA) is 106 Å². The van der Waals surface area contributed by atoms with Crippen LogP contribution < -0.4 is 0 Å². The molecule has 0 radical (unpaired) electrons. The summed E-state index contributed by atoms with van der Waals surface area (Å²) >= 11 is 3.95. The van der Waals surface area contributed by atoms with Crippen LogP contribution in [0.25, 0.3) is 0 Å². The maximum absolute atomic E-state index is 11.4. The van der Waals surface area contributed by atoms with Crippen molar-refractivity contribution < 1.29 is 9.59 Å². The third-order valence-corrected chi connectivity index (χ3v) is 4.75. The summed E-state index contributed by atoms with van der Waals surface area (Å²) in [6.45, 7) is 3.18. The quantitative estimate of drug-likeness (QED) is 0.246. The van der Waals surface area contributed by atoms with Crippen molar-refractivity contribution in [2.45, 2.75) is 50.6 Å². The van der Waals surface area contributed by atoms with Crippen LogP contribution in [0, 0.1) is 22.7 Å². The fraction of sp³-hybridized carbons (Fsp3) is 0.714. The second-order valence-corrected chi connectivity index (χ2v) is 6.84. The van der Waals surface area contributed by atoms with Crippen LogP contribution in [0.4, 0.5) is 0 Å². The van der Waals surface area contributed by atoms with Crippen molar-refractivity contribution in [2.24, 2.45) is 10.2 Å². The lowest BCUT2D eigenvalue weighted by molar-refractivity contribution is -0.117. The Morgan fingerprint density at radius 1 is 0.909 bits per heavy atom. The predicted molar refractivity (Wildman–Crippen MR) is 99.1 cm³/mol. The number of nitriles is 2. The lowest BCUT2D eigenvalue weighted by atomic mass is 9.96. The van der Waals surface area contributed by atoms with E-state index < -0.39 is 11.1 Å². The van der Waals surface area contributed by atoms with Gasteiger partial charge in [0.15, 0.2) is 11.1 Å². The van der Waals surface area contributed by atoms with Crippen LogP contribution in [0.1, 0.15) is 39.5 Å². The first-order chi connectivity index (χ1) is 10.2. The van der Waals surface area contributed by atoms with Crippen LogP contribution in [0.5, 0.6) is 0 Å². The van der Waals surface area contributed by atoms with Crippen LogP contribution in [0.15, 0.2) is 10.2 Å². The molecule has 0 aliphatic rings. The highest BCUT2D eigenvalue weighted by Crippen LogP contribution is 2.23. The minimum atomic E-state index is -1.13. The molecule has 0 aliphatic heterocycles. The van der Waals surface area contributed by atoms with Gasteiger partial charge in [-0.05, 0) is 26.7 Å². The number of hydrogen-bond acceptors (Lipinski definition) is 6. The molecule has 0 aromatic rings. The van der Waals surface area contributed by atoms with Crippen molar-refractivity contribution in [1.29, 1.82) is 10.5 Å². The molecule has 2 unspecified atom stereocenters. The van der Waals surface area contributed by atoms with E-state index in [2.05, 4.69) is 10.2 Å². The Balaban J connectivity index is 4.91. The zero-order chi connectivity index (χ0) is 17.2. The monoisotopic (exact) mass is 528 g/mol. The molecular weight excluding hydrogens is 510 g/mol. The molecule has 6 nitrogen and oxygen atoms in total. The lowest BCUT2D eigenvalue weighted by Gasteiger charge is -2.19. The molecule has 120 valence electrons. The normalized spacial score (nSPS) is 16.3. The average molecular weight is 528 g/mol. The molecule has 0 N–H and O–H groups in total. The van der Waals surface area contributed by atoms with Gasteiger partial charge in [-0.15, -0.1) is 0 Å². The van der Waals surface area contributed by atoms with Crippen LogP contribution in [-0.2, 0) is 9.59 Å². The SMILES string of the molecule is CC(C#N)(CCC(=O)CI)/N=N/C(C)(C#N)CCC(=O)CI. The maximum atomic E-state index is 11.4. The van der Waals surface area contributed by atoms with E-state index in [0.717, 1.165) is 0 Å². The number of hydrogen-bond donors (Lipinski definition) is 0. The summed E-state index contributed by atoms with van der Waals surface area (Å²) in [6, 6.07) is 4.08. The highest BCUT2D eigenvalue weighted by atomic mass is 127. The highest BCUT2D eigenvalue weighted by molar-refractivity contribution is 14.1. The molecule has 0 rings (SSSR count). The Hall–Kier alpha value is -0.620. The van der Waals surface area contributed by atoms with Crippen LogP contribution in [0.2, 0.25) is 0 Å². The van der Waals surface area contributed by atoms with Gasteiger partial charge in [0.25, 0.3) is 0 Å². The van der Waals surface area contributed by atoms with E-state index in [1.807, 2.05) is 57.3 Å². The summed E-state index contributed by atoms with van der Waals surface area (Å²) in [6.07, 6.45) is 1.04. The molecule has 0 aromatic heterocycles. The van der Waals surface area contributed by atoms with Crippen molar-refractivity contribution in [2.75, 3.05) is 8.86 Å². The van der Waals surface area contributed by atoms with Gasteiger partial charge in [-0.1, -0.05) is 45.2 Å². The first-order valence-electron chi connectivity index (χ1n) is 6.66.